The second-order valence-corrected chi connectivity index (χ2v) is 5.96. The molecule has 0 unspecified atom stereocenters. The number of nitrogens with one attached hydrogen (secondary N) is 1. The van der Waals surface area contributed by atoms with Gasteiger partial charge in [0.1, 0.15) is 5.75 Å². The molecule has 0 spiro atoms. The summed E-state index contributed by atoms with van der Waals surface area (Å²) in [6, 6.07) is 10.1. The van der Waals surface area contributed by atoms with Gasteiger partial charge in [-0.15, -0.1) is 0 Å². The van der Waals surface area contributed by atoms with E-state index in [2.05, 4.69) is 5.32 Å². The molecule has 0 fully saturated rings. The van der Waals surface area contributed by atoms with Gasteiger partial charge in [0.25, 0.3) is 5.91 Å². The third-order valence-electron chi connectivity index (χ3n) is 3.59. The van der Waals surface area contributed by atoms with Crippen molar-refractivity contribution in [2.24, 2.45) is 0 Å². The maximum Gasteiger partial charge on any atom is 0.338 e. The van der Waals surface area contributed by atoms with Crippen LogP contribution < -0.4 is 10.1 Å². The van der Waals surface area contributed by atoms with E-state index in [0.717, 1.165) is 11.1 Å². The zero-order valence-corrected chi connectivity index (χ0v) is 15.6. The zero-order valence-electron chi connectivity index (χ0n) is 14.8. The monoisotopic (exact) mass is 377 g/mol. The van der Waals surface area contributed by atoms with E-state index in [1.54, 1.807) is 43.5 Å². The molecule has 0 aromatic heterocycles. The number of hydrogen-bond donors (Lipinski definition) is 1. The van der Waals surface area contributed by atoms with Gasteiger partial charge in [-0.1, -0.05) is 23.7 Å². The van der Waals surface area contributed by atoms with Gasteiger partial charge in [-0.25, -0.2) is 4.79 Å². The number of aryl methyl sites for hydroxylation is 1. The molecular formula is C19H20ClNO5. The fourth-order valence-electron chi connectivity index (χ4n) is 2.23. The Labute approximate surface area is 157 Å². The summed E-state index contributed by atoms with van der Waals surface area (Å²) in [6.45, 7) is 1.86. The second kappa shape index (κ2) is 9.22. The fraction of sp³-hybridized carbons (Fsp3) is 0.263. The number of hydrogen-bond acceptors (Lipinski definition) is 5. The molecule has 0 aliphatic rings. The zero-order chi connectivity index (χ0) is 19.1. The van der Waals surface area contributed by atoms with Crippen LogP contribution in [0.15, 0.2) is 36.4 Å². The van der Waals surface area contributed by atoms with Crippen LogP contribution in [0, 0.1) is 6.92 Å². The topological polar surface area (TPSA) is 73.9 Å². The van der Waals surface area contributed by atoms with Crippen LogP contribution in [0.2, 0.25) is 5.02 Å². The van der Waals surface area contributed by atoms with Crippen LogP contribution in [0.25, 0.3) is 0 Å². The lowest BCUT2D eigenvalue weighted by Crippen LogP contribution is -2.21. The van der Waals surface area contributed by atoms with E-state index in [1.165, 1.54) is 7.11 Å². The average Bonchev–Trinajstić information content (AvgIpc) is 2.63. The van der Waals surface area contributed by atoms with Gasteiger partial charge in [0.05, 0.1) is 25.0 Å². The van der Waals surface area contributed by atoms with E-state index in [4.69, 9.17) is 25.8 Å². The molecule has 0 heterocycles. The Morgan fingerprint density at radius 3 is 2.42 bits per heavy atom. The predicted molar refractivity (Wildman–Crippen MR) is 98.8 cm³/mol. The molecule has 0 bridgehead atoms. The molecule has 6 nitrogen and oxygen atoms in total. The Balaban J connectivity index is 1.94. The van der Waals surface area contributed by atoms with Crippen molar-refractivity contribution in [2.75, 3.05) is 26.1 Å². The molecule has 2 aromatic carbocycles. The molecule has 7 heteroatoms. The summed E-state index contributed by atoms with van der Waals surface area (Å²) in [5.74, 6) is -0.633. The number of carbonyl (C=O) groups excluding carboxylic acids is 2. The molecule has 0 aliphatic heterocycles. The summed E-state index contributed by atoms with van der Waals surface area (Å²) in [4.78, 5) is 24.1. The van der Waals surface area contributed by atoms with E-state index in [9.17, 15) is 9.59 Å². The van der Waals surface area contributed by atoms with Crippen LogP contribution in [-0.2, 0) is 20.9 Å². The van der Waals surface area contributed by atoms with Gasteiger partial charge in [0.2, 0.25) is 0 Å². The molecule has 1 amide bonds. The minimum Gasteiger partial charge on any atom is -0.495 e. The van der Waals surface area contributed by atoms with Crippen molar-refractivity contribution in [3.8, 4) is 5.75 Å². The number of amides is 1. The minimum atomic E-state index is -0.580. The van der Waals surface area contributed by atoms with Crippen molar-refractivity contribution in [3.05, 3.63) is 58.1 Å². The molecule has 0 saturated heterocycles. The van der Waals surface area contributed by atoms with Crippen LogP contribution in [0.3, 0.4) is 0 Å². The molecule has 0 radical (unpaired) electrons. The maximum atomic E-state index is 12.1. The van der Waals surface area contributed by atoms with Gasteiger partial charge in [0.15, 0.2) is 6.61 Å². The van der Waals surface area contributed by atoms with Crippen molar-refractivity contribution >= 4 is 29.2 Å². The van der Waals surface area contributed by atoms with Crippen molar-refractivity contribution in [2.45, 2.75) is 13.5 Å². The Hall–Kier alpha value is -2.57. The van der Waals surface area contributed by atoms with Crippen molar-refractivity contribution in [1.29, 1.82) is 0 Å². The van der Waals surface area contributed by atoms with Gasteiger partial charge >= 0.3 is 5.97 Å². The molecule has 0 saturated carbocycles. The van der Waals surface area contributed by atoms with Gasteiger partial charge < -0.3 is 19.5 Å². The van der Waals surface area contributed by atoms with Crippen LogP contribution in [0.1, 0.15) is 21.5 Å². The lowest BCUT2D eigenvalue weighted by atomic mass is 10.1. The number of ether oxygens (including phenoxy) is 3. The molecule has 1 N–H and O–H groups in total. The predicted octanol–water partition coefficient (Wildman–Crippen LogP) is 3.60. The molecule has 2 aromatic rings. The SMILES string of the molecule is COCc1ccc(C(=O)OCC(=O)Nc2cc(C)c(Cl)cc2OC)cc1. The largest absolute Gasteiger partial charge is 0.495 e. The fourth-order valence-corrected chi connectivity index (χ4v) is 2.39. The van der Waals surface area contributed by atoms with Crippen LogP contribution in [-0.4, -0.2) is 32.7 Å². The number of methoxy groups -OCH3 is 2. The lowest BCUT2D eigenvalue weighted by molar-refractivity contribution is -0.119. The number of carbonyl (C=O) groups is 2. The van der Waals surface area contributed by atoms with Crippen molar-refractivity contribution < 1.29 is 23.8 Å². The molecule has 2 rings (SSSR count). The highest BCUT2D eigenvalue weighted by Gasteiger charge is 2.13. The Kier molecular flexibility index (Phi) is 7.00. The normalized spacial score (nSPS) is 10.3. The second-order valence-electron chi connectivity index (χ2n) is 5.56. The molecule has 0 aliphatic carbocycles. The quantitative estimate of drug-likeness (QED) is 0.746. The summed E-state index contributed by atoms with van der Waals surface area (Å²) >= 11 is 6.03. The Morgan fingerprint density at radius 1 is 1.12 bits per heavy atom. The molecule has 138 valence electrons. The first-order valence-electron chi connectivity index (χ1n) is 7.83. The van der Waals surface area contributed by atoms with E-state index in [1.807, 2.05) is 6.92 Å². The molecular weight excluding hydrogens is 358 g/mol. The first kappa shape index (κ1) is 19.8. The Morgan fingerprint density at radius 2 is 1.81 bits per heavy atom. The maximum absolute atomic E-state index is 12.1. The number of benzene rings is 2. The van der Waals surface area contributed by atoms with E-state index in [0.29, 0.717) is 28.6 Å². The summed E-state index contributed by atoms with van der Waals surface area (Å²) in [6.07, 6.45) is 0. The van der Waals surface area contributed by atoms with E-state index in [-0.39, 0.29) is 0 Å². The first-order chi connectivity index (χ1) is 12.4. The summed E-state index contributed by atoms with van der Waals surface area (Å²) in [5, 5.41) is 3.18. The summed E-state index contributed by atoms with van der Waals surface area (Å²) in [7, 11) is 3.07. The highest BCUT2D eigenvalue weighted by Crippen LogP contribution is 2.30. The highest BCUT2D eigenvalue weighted by atomic mass is 35.5. The van der Waals surface area contributed by atoms with E-state index >= 15 is 0 Å². The van der Waals surface area contributed by atoms with Crippen LogP contribution >= 0.6 is 11.6 Å². The lowest BCUT2D eigenvalue weighted by Gasteiger charge is -2.12. The molecule has 26 heavy (non-hydrogen) atoms. The highest BCUT2D eigenvalue weighted by molar-refractivity contribution is 6.31. The van der Waals surface area contributed by atoms with Gasteiger partial charge in [-0.2, -0.15) is 0 Å². The van der Waals surface area contributed by atoms with Gasteiger partial charge in [-0.05, 0) is 36.2 Å². The number of halogens is 1. The van der Waals surface area contributed by atoms with E-state index < -0.39 is 18.5 Å². The third kappa shape index (κ3) is 5.21. The average molecular weight is 378 g/mol. The number of anilines is 1. The van der Waals surface area contributed by atoms with Crippen molar-refractivity contribution in [1.82, 2.24) is 0 Å². The number of rotatable bonds is 7. The minimum absolute atomic E-state index is 0.359. The number of esters is 1. The van der Waals surface area contributed by atoms with Crippen molar-refractivity contribution in [3.63, 3.8) is 0 Å². The smallest absolute Gasteiger partial charge is 0.338 e. The van der Waals surface area contributed by atoms with Gasteiger partial charge in [0, 0.05) is 18.2 Å². The first-order valence-corrected chi connectivity index (χ1v) is 8.21. The summed E-state index contributed by atoms with van der Waals surface area (Å²) < 4.78 is 15.2. The van der Waals surface area contributed by atoms with Gasteiger partial charge in [-0.3, -0.25) is 4.79 Å². The molecule has 0 atom stereocenters. The standard InChI is InChI=1S/C19H20ClNO5/c1-12-8-16(17(25-3)9-15(12)20)21-18(22)11-26-19(23)14-6-4-13(5-7-14)10-24-2/h4-9H,10-11H2,1-3H3,(H,21,22). The third-order valence-corrected chi connectivity index (χ3v) is 4.00. The summed E-state index contributed by atoms with van der Waals surface area (Å²) in [5.41, 5.74) is 2.54. The van der Waals surface area contributed by atoms with Crippen LogP contribution in [0.5, 0.6) is 5.75 Å². The van der Waals surface area contributed by atoms with Crippen LogP contribution in [0.4, 0.5) is 5.69 Å². The Bertz CT molecular complexity index is 789.